The molecule has 6 N–H and O–H groups in total. The van der Waals surface area contributed by atoms with E-state index in [1.807, 2.05) is 0 Å². The van der Waals surface area contributed by atoms with Gasteiger partial charge in [0.1, 0.15) is 24.4 Å². The molecule has 9 nitrogen and oxygen atoms in total. The maximum Gasteiger partial charge on any atom is 0.186 e. The van der Waals surface area contributed by atoms with Crippen LogP contribution in [-0.4, -0.2) is 98.5 Å². The van der Waals surface area contributed by atoms with Crippen molar-refractivity contribution in [3.05, 3.63) is 11.6 Å². The zero-order valence-corrected chi connectivity index (χ0v) is 30.5. The summed E-state index contributed by atoms with van der Waals surface area (Å²) in [4.78, 5) is 0. The summed E-state index contributed by atoms with van der Waals surface area (Å²) in [6.07, 6.45) is 0.497. The average Bonchev–Trinajstić information content (AvgIpc) is 3.37. The zero-order valence-electron chi connectivity index (χ0n) is 30.5. The molecule has 0 bridgehead atoms. The molecular formula is C38H66O9. The van der Waals surface area contributed by atoms with Crippen molar-refractivity contribution in [1.82, 2.24) is 0 Å². The molecule has 4 aliphatic carbocycles. The van der Waals surface area contributed by atoms with Crippen molar-refractivity contribution >= 4 is 0 Å². The number of ether oxygens (including phenoxy) is 3. The standard InChI is InChI=1S/C38H66O9/c1-10-45-38(9,15-11-12-21(2)3)22-13-17-36(7)28(22)23(40)18-26-35(6)16-14-27(41)34(4,5)32(35)24(19-37(26,36)8)46-33-31(44)30(43)29(42)25(20-39)47-33/h12,22-33,39-44H,10-11,13-20H2,1-9H3/t22-,23+,24-,25+,26+,27-,28-,29+,30-,31+,32-,33+,35+,36+,37+,38-/m0/s1. The SMILES string of the molecule is CCO[C@@](C)(CCC=C(C)C)[C@H]1CC[C@]2(C)[C@@H]1[C@H](O)C[C@@H]1[C@@]3(C)CC[C@H](O)C(C)(C)[C@@H]3[C@@H](O[C@@H]3O[C@H](CO)[C@@H](O)[C@H](O)[C@H]3O)C[C@]12C. The fraction of sp³-hybridized carbons (Fsp3) is 0.947. The lowest BCUT2D eigenvalue weighted by Crippen LogP contribution is -2.71. The summed E-state index contributed by atoms with van der Waals surface area (Å²) in [6, 6.07) is 0. The fourth-order valence-electron chi connectivity index (χ4n) is 12.4. The molecular weight excluding hydrogens is 600 g/mol. The molecule has 272 valence electrons. The van der Waals surface area contributed by atoms with Crippen LogP contribution in [0.2, 0.25) is 0 Å². The van der Waals surface area contributed by atoms with Gasteiger partial charge in [-0.3, -0.25) is 0 Å². The third-order valence-corrected chi connectivity index (χ3v) is 14.8. The van der Waals surface area contributed by atoms with Crippen LogP contribution in [0.15, 0.2) is 11.6 Å². The first-order valence-electron chi connectivity index (χ1n) is 18.4. The molecule has 1 saturated heterocycles. The van der Waals surface area contributed by atoms with E-state index in [1.165, 1.54) is 5.57 Å². The van der Waals surface area contributed by atoms with Gasteiger partial charge in [-0.25, -0.2) is 0 Å². The number of allylic oxidation sites excluding steroid dienone is 2. The largest absolute Gasteiger partial charge is 0.394 e. The number of aliphatic hydroxyl groups is 6. The first kappa shape index (κ1) is 37.6. The van der Waals surface area contributed by atoms with Crippen molar-refractivity contribution in [2.24, 2.45) is 45.3 Å². The van der Waals surface area contributed by atoms with Crippen LogP contribution in [0.25, 0.3) is 0 Å². The quantitative estimate of drug-likeness (QED) is 0.156. The second-order valence-electron chi connectivity index (χ2n) is 17.9. The minimum absolute atomic E-state index is 0.0299. The molecule has 0 radical (unpaired) electrons. The topological polar surface area (TPSA) is 149 Å². The van der Waals surface area contributed by atoms with Gasteiger partial charge in [-0.1, -0.05) is 46.3 Å². The van der Waals surface area contributed by atoms with Gasteiger partial charge in [0.05, 0.1) is 30.5 Å². The molecule has 0 aromatic carbocycles. The Morgan fingerprint density at radius 1 is 0.936 bits per heavy atom. The summed E-state index contributed by atoms with van der Waals surface area (Å²) >= 11 is 0. The number of aliphatic hydroxyl groups excluding tert-OH is 6. The van der Waals surface area contributed by atoms with Gasteiger partial charge < -0.3 is 44.8 Å². The number of rotatable bonds is 9. The van der Waals surface area contributed by atoms with Gasteiger partial charge in [0.2, 0.25) is 0 Å². The summed E-state index contributed by atoms with van der Waals surface area (Å²) in [5, 5.41) is 65.8. The predicted octanol–water partition coefficient (Wildman–Crippen LogP) is 4.34. The highest BCUT2D eigenvalue weighted by molar-refractivity contribution is 5.22. The maximum absolute atomic E-state index is 12.3. The average molecular weight is 667 g/mol. The van der Waals surface area contributed by atoms with Crippen molar-refractivity contribution in [3.63, 3.8) is 0 Å². The van der Waals surface area contributed by atoms with E-state index in [0.29, 0.717) is 25.9 Å². The Kier molecular flexibility index (Phi) is 10.5. The molecule has 0 aromatic rings. The van der Waals surface area contributed by atoms with Gasteiger partial charge in [0.25, 0.3) is 0 Å². The van der Waals surface area contributed by atoms with Crippen molar-refractivity contribution in [2.75, 3.05) is 13.2 Å². The molecule has 4 saturated carbocycles. The van der Waals surface area contributed by atoms with Crippen molar-refractivity contribution < 1.29 is 44.8 Å². The number of hydrogen-bond donors (Lipinski definition) is 6. The van der Waals surface area contributed by atoms with Crippen LogP contribution in [0, 0.1) is 45.3 Å². The van der Waals surface area contributed by atoms with Gasteiger partial charge in [-0.2, -0.15) is 0 Å². The lowest BCUT2D eigenvalue weighted by atomic mass is 9.34. The van der Waals surface area contributed by atoms with E-state index >= 15 is 0 Å². The van der Waals surface area contributed by atoms with Crippen LogP contribution in [0.5, 0.6) is 0 Å². The summed E-state index contributed by atoms with van der Waals surface area (Å²) in [5.41, 5.74) is -0.413. The third-order valence-electron chi connectivity index (χ3n) is 14.8. The Bertz CT molecular complexity index is 1140. The normalized spacial score (nSPS) is 50.5. The second-order valence-corrected chi connectivity index (χ2v) is 17.9. The molecule has 9 heteroatoms. The maximum atomic E-state index is 12.3. The van der Waals surface area contributed by atoms with Gasteiger partial charge in [0.15, 0.2) is 6.29 Å². The minimum Gasteiger partial charge on any atom is -0.394 e. The Morgan fingerprint density at radius 2 is 1.62 bits per heavy atom. The Morgan fingerprint density at radius 3 is 2.23 bits per heavy atom. The van der Waals surface area contributed by atoms with Gasteiger partial charge in [-0.15, -0.1) is 0 Å². The highest BCUT2D eigenvalue weighted by atomic mass is 16.7. The summed E-state index contributed by atoms with van der Waals surface area (Å²) < 4.78 is 19.3. The summed E-state index contributed by atoms with van der Waals surface area (Å²) in [7, 11) is 0. The smallest absolute Gasteiger partial charge is 0.186 e. The van der Waals surface area contributed by atoms with Crippen molar-refractivity contribution in [2.45, 2.75) is 168 Å². The van der Waals surface area contributed by atoms with E-state index in [0.717, 1.165) is 32.1 Å². The van der Waals surface area contributed by atoms with Gasteiger partial charge in [0, 0.05) is 6.61 Å². The van der Waals surface area contributed by atoms with Crippen LogP contribution >= 0.6 is 0 Å². The molecule has 47 heavy (non-hydrogen) atoms. The van der Waals surface area contributed by atoms with Gasteiger partial charge in [-0.05, 0) is 124 Å². The molecule has 16 atom stereocenters. The van der Waals surface area contributed by atoms with E-state index in [4.69, 9.17) is 14.2 Å². The molecule has 0 unspecified atom stereocenters. The van der Waals surface area contributed by atoms with E-state index < -0.39 is 61.0 Å². The van der Waals surface area contributed by atoms with Gasteiger partial charge >= 0.3 is 0 Å². The lowest BCUT2D eigenvalue weighted by molar-refractivity contribution is -0.347. The van der Waals surface area contributed by atoms with E-state index in [1.54, 1.807) is 0 Å². The van der Waals surface area contributed by atoms with Crippen LogP contribution in [0.1, 0.15) is 114 Å². The molecule has 1 aliphatic heterocycles. The molecule has 5 aliphatic rings. The monoisotopic (exact) mass is 666 g/mol. The summed E-state index contributed by atoms with van der Waals surface area (Å²) in [6.45, 7) is 20.0. The molecule has 0 amide bonds. The van der Waals surface area contributed by atoms with Crippen molar-refractivity contribution in [3.8, 4) is 0 Å². The van der Waals surface area contributed by atoms with Crippen LogP contribution in [-0.2, 0) is 14.2 Å². The number of hydrogen-bond acceptors (Lipinski definition) is 9. The molecule has 0 spiro atoms. The van der Waals surface area contributed by atoms with E-state index in [-0.39, 0.29) is 45.5 Å². The molecule has 5 rings (SSSR count). The van der Waals surface area contributed by atoms with Crippen LogP contribution in [0.3, 0.4) is 0 Å². The molecule has 1 heterocycles. The number of fused-ring (bicyclic) bond motifs is 5. The predicted molar refractivity (Wildman–Crippen MR) is 179 cm³/mol. The van der Waals surface area contributed by atoms with Crippen LogP contribution < -0.4 is 0 Å². The van der Waals surface area contributed by atoms with E-state index in [2.05, 4.69) is 68.4 Å². The summed E-state index contributed by atoms with van der Waals surface area (Å²) in [5.74, 6) is 0.250. The van der Waals surface area contributed by atoms with Crippen molar-refractivity contribution in [1.29, 1.82) is 0 Å². The zero-order chi connectivity index (χ0) is 34.9. The molecule has 0 aromatic heterocycles. The van der Waals surface area contributed by atoms with Crippen LogP contribution in [0.4, 0.5) is 0 Å². The molecule has 5 fully saturated rings. The Labute approximate surface area is 283 Å². The van der Waals surface area contributed by atoms with E-state index in [9.17, 15) is 30.6 Å². The highest BCUT2D eigenvalue weighted by Crippen LogP contribution is 2.76. The first-order chi connectivity index (χ1) is 21.8. The Hall–Kier alpha value is -0.620. The third kappa shape index (κ3) is 5.89. The minimum atomic E-state index is -1.53. The second kappa shape index (κ2) is 13.2. The lowest BCUT2D eigenvalue weighted by Gasteiger charge is -2.72. The Balaban J connectivity index is 1.56. The fourth-order valence-corrected chi connectivity index (χ4v) is 12.4. The first-order valence-corrected chi connectivity index (χ1v) is 18.4. The highest BCUT2D eigenvalue weighted by Gasteiger charge is 2.73.